The van der Waals surface area contributed by atoms with E-state index in [4.69, 9.17) is 4.74 Å². The van der Waals surface area contributed by atoms with Gasteiger partial charge in [-0.05, 0) is 83.7 Å². The van der Waals surface area contributed by atoms with Crippen molar-refractivity contribution in [3.63, 3.8) is 0 Å². The summed E-state index contributed by atoms with van der Waals surface area (Å²) in [6.07, 6.45) is 11.3. The number of carbonyl (C=O) groups is 1. The number of rotatable bonds is 7. The number of benzene rings is 2. The van der Waals surface area contributed by atoms with Gasteiger partial charge in [-0.25, -0.2) is 4.79 Å². The van der Waals surface area contributed by atoms with Crippen molar-refractivity contribution in [1.82, 2.24) is 0 Å². The van der Waals surface area contributed by atoms with Gasteiger partial charge in [0.15, 0.2) is 0 Å². The fourth-order valence-electron chi connectivity index (χ4n) is 6.26. The molecule has 0 unspecified atom stereocenters. The average molecular weight is 431 g/mol. The van der Waals surface area contributed by atoms with Gasteiger partial charge in [0, 0.05) is 0 Å². The first-order valence-corrected chi connectivity index (χ1v) is 12.4. The Morgan fingerprint density at radius 1 is 1.06 bits per heavy atom. The lowest BCUT2D eigenvalue weighted by Gasteiger charge is -2.41. The lowest BCUT2D eigenvalue weighted by Crippen LogP contribution is -2.31. The smallest absolute Gasteiger partial charge is 0.343 e. The Morgan fingerprint density at radius 3 is 2.53 bits per heavy atom. The Bertz CT molecular complexity index is 987. The highest BCUT2D eigenvalue weighted by atomic mass is 16.5. The van der Waals surface area contributed by atoms with Crippen molar-refractivity contribution >= 4 is 12.0 Å². The third-order valence-corrected chi connectivity index (χ3v) is 8.14. The molecule has 2 aromatic carbocycles. The second-order valence-electron chi connectivity index (χ2n) is 10.7. The normalized spacial score (nSPS) is 24.8. The highest BCUT2D eigenvalue weighted by Gasteiger charge is 2.49. The number of carbonyl (C=O) groups excluding carboxylic acids is 1. The highest BCUT2D eigenvalue weighted by Crippen LogP contribution is 2.60. The molecule has 2 aromatic rings. The Kier molecular flexibility index (Phi) is 6.60. The van der Waals surface area contributed by atoms with E-state index in [1.807, 2.05) is 24.3 Å². The zero-order valence-electron chi connectivity index (χ0n) is 20.4. The molecule has 0 saturated heterocycles. The minimum absolute atomic E-state index is 0.221. The molecule has 4 atom stereocenters. The molecule has 0 aliphatic heterocycles. The topological polar surface area (TPSA) is 26.3 Å². The number of fused-ring (bicyclic) bond motifs is 3. The van der Waals surface area contributed by atoms with Gasteiger partial charge in [0.25, 0.3) is 0 Å². The number of allylic oxidation sites excluding steroid dienone is 1. The van der Waals surface area contributed by atoms with Crippen LogP contribution >= 0.6 is 0 Å². The van der Waals surface area contributed by atoms with Crippen molar-refractivity contribution in [1.29, 1.82) is 0 Å². The van der Waals surface area contributed by atoms with E-state index in [9.17, 15) is 4.79 Å². The maximum absolute atomic E-state index is 12.6. The van der Waals surface area contributed by atoms with E-state index in [0.29, 0.717) is 17.2 Å². The third kappa shape index (κ3) is 4.29. The zero-order valence-corrected chi connectivity index (χ0v) is 20.4. The molecule has 0 heterocycles. The van der Waals surface area contributed by atoms with Gasteiger partial charge in [0.2, 0.25) is 0 Å². The first kappa shape index (κ1) is 22.8. The van der Waals surface area contributed by atoms with Gasteiger partial charge in [0.1, 0.15) is 5.75 Å². The highest BCUT2D eigenvalue weighted by molar-refractivity contribution is 5.91. The molecular weight excluding hydrogens is 392 g/mol. The lowest BCUT2D eigenvalue weighted by atomic mass is 9.63. The van der Waals surface area contributed by atoms with Crippen LogP contribution in [0, 0.1) is 30.1 Å². The summed E-state index contributed by atoms with van der Waals surface area (Å²) in [5, 5.41) is 0. The number of ether oxygens (including phenoxy) is 1. The van der Waals surface area contributed by atoms with Crippen LogP contribution in [0.15, 0.2) is 48.5 Å². The molecule has 0 bridgehead atoms. The fourth-order valence-corrected chi connectivity index (χ4v) is 6.26. The molecule has 2 nitrogen and oxygen atoms in total. The molecule has 2 aliphatic rings. The number of hydrogen-bond acceptors (Lipinski definition) is 2. The summed E-state index contributed by atoms with van der Waals surface area (Å²) < 4.78 is 5.78. The predicted molar refractivity (Wildman–Crippen MR) is 133 cm³/mol. The van der Waals surface area contributed by atoms with Gasteiger partial charge in [-0.3, -0.25) is 0 Å². The predicted octanol–water partition coefficient (Wildman–Crippen LogP) is 8.20. The Labute approximate surface area is 194 Å². The van der Waals surface area contributed by atoms with Crippen LogP contribution < -0.4 is 4.74 Å². The molecule has 0 aromatic heterocycles. The summed E-state index contributed by atoms with van der Waals surface area (Å²) in [6, 6.07) is 13.4. The molecule has 2 aliphatic carbocycles. The van der Waals surface area contributed by atoms with E-state index in [1.165, 1.54) is 43.2 Å². The summed E-state index contributed by atoms with van der Waals surface area (Å²) in [6.45, 7) is 11.7. The molecule has 4 rings (SSSR count). The van der Waals surface area contributed by atoms with Crippen molar-refractivity contribution in [2.45, 2.75) is 72.6 Å². The van der Waals surface area contributed by atoms with Crippen LogP contribution in [-0.2, 0) is 0 Å². The molecule has 0 amide bonds. The maximum Gasteiger partial charge on any atom is 0.343 e. The monoisotopic (exact) mass is 430 g/mol. The van der Waals surface area contributed by atoms with Crippen LogP contribution in [0.4, 0.5) is 0 Å². The summed E-state index contributed by atoms with van der Waals surface area (Å²) >= 11 is 0. The van der Waals surface area contributed by atoms with Crippen molar-refractivity contribution in [2.24, 2.45) is 23.2 Å². The first-order chi connectivity index (χ1) is 15.3. The largest absolute Gasteiger partial charge is 0.423 e. The van der Waals surface area contributed by atoms with Crippen LogP contribution in [0.1, 0.15) is 92.8 Å². The molecule has 1 saturated carbocycles. The molecule has 2 heteroatoms. The van der Waals surface area contributed by atoms with Crippen molar-refractivity contribution in [3.05, 3.63) is 70.8 Å². The van der Waals surface area contributed by atoms with Gasteiger partial charge in [-0.2, -0.15) is 0 Å². The molecular formula is C30H38O2. The summed E-state index contributed by atoms with van der Waals surface area (Å²) in [7, 11) is 0. The van der Waals surface area contributed by atoms with Crippen molar-refractivity contribution in [2.75, 3.05) is 0 Å². The SMILES string of the molecule is Cc1c(OC(=O)c2ccccc2)ccc2c1C=C[C@]1(C)[C@@H]2CC[C@@H]1[C@@H](C)CCCC(C)C. The summed E-state index contributed by atoms with van der Waals surface area (Å²) in [5.41, 5.74) is 4.55. The fraction of sp³-hybridized carbons (Fsp3) is 0.500. The van der Waals surface area contributed by atoms with Crippen molar-refractivity contribution in [3.8, 4) is 5.75 Å². The lowest BCUT2D eigenvalue weighted by molar-refractivity contribution is 0.0733. The van der Waals surface area contributed by atoms with Gasteiger partial charge in [-0.1, -0.05) is 83.4 Å². The third-order valence-electron chi connectivity index (χ3n) is 8.14. The quantitative estimate of drug-likeness (QED) is 0.327. The van der Waals surface area contributed by atoms with Crippen LogP contribution in [0.25, 0.3) is 6.08 Å². The van der Waals surface area contributed by atoms with E-state index < -0.39 is 0 Å². The van der Waals surface area contributed by atoms with E-state index in [-0.39, 0.29) is 11.4 Å². The van der Waals surface area contributed by atoms with E-state index in [1.54, 1.807) is 12.1 Å². The van der Waals surface area contributed by atoms with Gasteiger partial charge >= 0.3 is 5.97 Å². The van der Waals surface area contributed by atoms with Crippen molar-refractivity contribution < 1.29 is 9.53 Å². The molecule has 0 radical (unpaired) electrons. The van der Waals surface area contributed by atoms with Crippen LogP contribution in [0.2, 0.25) is 0 Å². The van der Waals surface area contributed by atoms with Crippen LogP contribution in [-0.4, -0.2) is 5.97 Å². The standard InChI is InChI=1S/C30H38O2/c1-20(2)10-9-11-21(3)26-15-16-27-25-14-17-28(22(4)24(25)18-19-30(26,27)5)32-29(31)23-12-7-6-8-13-23/h6-8,12-14,17-21,26-27H,9-11,15-16H2,1-5H3/t21-,26+,27+,30-/m0/s1. The van der Waals surface area contributed by atoms with Gasteiger partial charge < -0.3 is 4.74 Å². The Hall–Kier alpha value is -2.35. The number of esters is 1. The Morgan fingerprint density at radius 2 is 1.81 bits per heavy atom. The second kappa shape index (κ2) is 9.25. The first-order valence-electron chi connectivity index (χ1n) is 12.4. The summed E-state index contributed by atoms with van der Waals surface area (Å²) in [5.74, 6) is 3.21. The minimum atomic E-state index is -0.297. The second-order valence-corrected chi connectivity index (χ2v) is 10.7. The van der Waals surface area contributed by atoms with Gasteiger partial charge in [0.05, 0.1) is 5.56 Å². The molecule has 32 heavy (non-hydrogen) atoms. The molecule has 170 valence electrons. The number of hydrogen-bond donors (Lipinski definition) is 0. The van der Waals surface area contributed by atoms with Crippen LogP contribution in [0.5, 0.6) is 5.75 Å². The van der Waals surface area contributed by atoms with Gasteiger partial charge in [-0.15, -0.1) is 0 Å². The molecule has 0 spiro atoms. The molecule has 0 N–H and O–H groups in total. The minimum Gasteiger partial charge on any atom is -0.423 e. The van der Waals surface area contributed by atoms with E-state index >= 15 is 0 Å². The van der Waals surface area contributed by atoms with E-state index in [2.05, 4.69) is 52.8 Å². The Balaban J connectivity index is 1.53. The summed E-state index contributed by atoms with van der Waals surface area (Å²) in [4.78, 5) is 12.6. The maximum atomic E-state index is 12.6. The average Bonchev–Trinajstić information content (AvgIpc) is 3.13. The zero-order chi connectivity index (χ0) is 22.9. The van der Waals surface area contributed by atoms with E-state index in [0.717, 1.165) is 23.3 Å². The van der Waals surface area contributed by atoms with Crippen LogP contribution in [0.3, 0.4) is 0 Å². The molecule has 1 fully saturated rings.